The van der Waals surface area contributed by atoms with Gasteiger partial charge in [0.15, 0.2) is 11.7 Å². The molecule has 0 aliphatic rings. The molecule has 0 aliphatic heterocycles. The minimum Gasteiger partial charge on any atom is -0.381 e. The summed E-state index contributed by atoms with van der Waals surface area (Å²) < 4.78 is 1.72. The summed E-state index contributed by atoms with van der Waals surface area (Å²) in [5.74, 6) is 0.714. The van der Waals surface area contributed by atoms with Crippen LogP contribution in [0.3, 0.4) is 0 Å². The van der Waals surface area contributed by atoms with Gasteiger partial charge in [-0.2, -0.15) is 0 Å². The fourth-order valence-electron chi connectivity index (χ4n) is 1.02. The van der Waals surface area contributed by atoms with E-state index < -0.39 is 0 Å². The van der Waals surface area contributed by atoms with Gasteiger partial charge >= 0.3 is 0 Å². The maximum atomic E-state index is 7.19. The molecule has 0 radical (unpaired) electrons. The highest BCUT2D eigenvalue weighted by molar-refractivity contribution is 5.91. The lowest BCUT2D eigenvalue weighted by molar-refractivity contribution is 0.959. The van der Waals surface area contributed by atoms with E-state index in [1.54, 1.807) is 35.6 Å². The fraction of sp³-hybridized carbons (Fsp3) is 0. The molecule has 0 aromatic carbocycles. The molecular weight excluding hydrogens is 180 g/mol. The number of nitrogens with two attached hydrogens (primary N) is 1. The van der Waals surface area contributed by atoms with Gasteiger partial charge in [0.05, 0.1) is 0 Å². The monoisotopic (exact) mass is 188 g/mol. The average molecular weight is 188 g/mol. The Balaban J connectivity index is 2.46. The highest BCUT2D eigenvalue weighted by atomic mass is 15.1. The first-order chi connectivity index (χ1) is 6.77. The third-order valence-corrected chi connectivity index (χ3v) is 1.65. The number of hydrogen-bond donors (Lipinski definition) is 2. The summed E-state index contributed by atoms with van der Waals surface area (Å²) in [4.78, 5) is 11.8. The van der Waals surface area contributed by atoms with Crippen LogP contribution in [0, 0.1) is 5.41 Å². The molecule has 6 heteroatoms. The van der Waals surface area contributed by atoms with Crippen molar-refractivity contribution in [3.63, 3.8) is 0 Å². The zero-order valence-electron chi connectivity index (χ0n) is 7.25. The molecule has 0 saturated carbocycles. The minimum atomic E-state index is -0.146. The number of aromatic nitrogens is 4. The molecule has 2 rings (SSSR count). The van der Waals surface area contributed by atoms with Gasteiger partial charge in [0.25, 0.3) is 0 Å². The van der Waals surface area contributed by atoms with E-state index in [1.165, 1.54) is 0 Å². The van der Waals surface area contributed by atoms with Gasteiger partial charge in [-0.25, -0.2) is 15.0 Å². The highest BCUT2D eigenvalue weighted by Gasteiger charge is 2.02. The van der Waals surface area contributed by atoms with Crippen LogP contribution in [0.5, 0.6) is 0 Å². The molecule has 14 heavy (non-hydrogen) atoms. The Hall–Kier alpha value is -2.24. The SMILES string of the molecule is N=C(N)c1nccc(-n2ccnc2)n1. The van der Waals surface area contributed by atoms with Crippen molar-refractivity contribution in [1.82, 2.24) is 19.5 Å². The molecule has 0 fully saturated rings. The van der Waals surface area contributed by atoms with Gasteiger partial charge in [-0.05, 0) is 6.07 Å². The minimum absolute atomic E-state index is 0.146. The highest BCUT2D eigenvalue weighted by Crippen LogP contribution is 2.01. The van der Waals surface area contributed by atoms with E-state index in [0.717, 1.165) is 0 Å². The zero-order chi connectivity index (χ0) is 9.97. The van der Waals surface area contributed by atoms with E-state index in [2.05, 4.69) is 15.0 Å². The lowest BCUT2D eigenvalue weighted by Gasteiger charge is -2.01. The quantitative estimate of drug-likeness (QED) is 0.510. The third-order valence-electron chi connectivity index (χ3n) is 1.65. The van der Waals surface area contributed by atoms with Crippen LogP contribution in [0.4, 0.5) is 0 Å². The first-order valence-electron chi connectivity index (χ1n) is 3.93. The molecule has 0 atom stereocenters. The van der Waals surface area contributed by atoms with Crippen LogP contribution >= 0.6 is 0 Å². The van der Waals surface area contributed by atoms with Crippen molar-refractivity contribution in [1.29, 1.82) is 5.41 Å². The van der Waals surface area contributed by atoms with Crippen molar-refractivity contribution >= 4 is 5.84 Å². The van der Waals surface area contributed by atoms with E-state index in [0.29, 0.717) is 5.82 Å². The standard InChI is InChI=1S/C8H8N6/c9-7(10)8-12-2-1-6(13-8)14-4-3-11-5-14/h1-5H,(H3,9,10). The van der Waals surface area contributed by atoms with E-state index in [-0.39, 0.29) is 11.7 Å². The van der Waals surface area contributed by atoms with Crippen LogP contribution in [0.25, 0.3) is 5.82 Å². The molecule has 2 heterocycles. The maximum Gasteiger partial charge on any atom is 0.196 e. The van der Waals surface area contributed by atoms with Gasteiger partial charge < -0.3 is 5.73 Å². The third kappa shape index (κ3) is 1.45. The lowest BCUT2D eigenvalue weighted by Crippen LogP contribution is -2.16. The predicted octanol–water partition coefficient (Wildman–Crippen LogP) is -0.0536. The van der Waals surface area contributed by atoms with E-state index in [1.807, 2.05) is 0 Å². The average Bonchev–Trinajstić information content (AvgIpc) is 2.71. The molecule has 2 aromatic rings. The Morgan fingerprint density at radius 2 is 2.29 bits per heavy atom. The largest absolute Gasteiger partial charge is 0.381 e. The smallest absolute Gasteiger partial charge is 0.196 e. The van der Waals surface area contributed by atoms with Crippen LogP contribution in [-0.4, -0.2) is 25.4 Å². The second-order valence-corrected chi connectivity index (χ2v) is 2.62. The molecule has 3 N–H and O–H groups in total. The normalized spacial score (nSPS) is 10.0. The van der Waals surface area contributed by atoms with Crippen molar-refractivity contribution in [2.24, 2.45) is 5.73 Å². The topological polar surface area (TPSA) is 93.5 Å². The van der Waals surface area contributed by atoms with Gasteiger partial charge in [0.2, 0.25) is 0 Å². The second kappa shape index (κ2) is 3.25. The Kier molecular flexibility index (Phi) is 1.94. The van der Waals surface area contributed by atoms with Gasteiger partial charge in [-0.15, -0.1) is 0 Å². The molecule has 0 unspecified atom stereocenters. The number of hydrogen-bond acceptors (Lipinski definition) is 4. The molecular formula is C8H8N6. The number of imidazole rings is 1. The number of nitrogens with zero attached hydrogens (tertiary/aromatic N) is 4. The molecule has 70 valence electrons. The number of rotatable bonds is 2. The van der Waals surface area contributed by atoms with Gasteiger partial charge in [0.1, 0.15) is 12.1 Å². The summed E-state index contributed by atoms with van der Waals surface area (Å²) >= 11 is 0. The summed E-state index contributed by atoms with van der Waals surface area (Å²) in [5, 5.41) is 7.19. The number of nitrogens with one attached hydrogen (secondary N) is 1. The summed E-state index contributed by atoms with van der Waals surface area (Å²) in [6.45, 7) is 0. The lowest BCUT2D eigenvalue weighted by atomic mass is 10.5. The van der Waals surface area contributed by atoms with E-state index >= 15 is 0 Å². The van der Waals surface area contributed by atoms with E-state index in [9.17, 15) is 0 Å². The molecule has 6 nitrogen and oxygen atoms in total. The van der Waals surface area contributed by atoms with Crippen molar-refractivity contribution in [2.45, 2.75) is 0 Å². The van der Waals surface area contributed by atoms with Crippen LogP contribution in [0.1, 0.15) is 5.82 Å². The predicted molar refractivity (Wildman–Crippen MR) is 50.2 cm³/mol. The summed E-state index contributed by atoms with van der Waals surface area (Å²) in [7, 11) is 0. The maximum absolute atomic E-state index is 7.19. The van der Waals surface area contributed by atoms with Crippen LogP contribution in [0.2, 0.25) is 0 Å². The van der Waals surface area contributed by atoms with Crippen LogP contribution < -0.4 is 5.73 Å². The first kappa shape index (κ1) is 8.36. The molecule has 0 amide bonds. The van der Waals surface area contributed by atoms with Crippen molar-refractivity contribution < 1.29 is 0 Å². The van der Waals surface area contributed by atoms with Crippen LogP contribution in [0.15, 0.2) is 31.0 Å². The summed E-state index contributed by atoms with van der Waals surface area (Å²) in [6, 6.07) is 1.72. The Labute approximate surface area is 80.0 Å². The fourth-order valence-corrected chi connectivity index (χ4v) is 1.02. The van der Waals surface area contributed by atoms with Crippen molar-refractivity contribution in [2.75, 3.05) is 0 Å². The molecule has 0 aliphatic carbocycles. The van der Waals surface area contributed by atoms with Gasteiger partial charge in [-0.3, -0.25) is 9.98 Å². The summed E-state index contributed by atoms with van der Waals surface area (Å²) in [5.41, 5.74) is 5.27. The van der Waals surface area contributed by atoms with Crippen molar-refractivity contribution in [3.8, 4) is 5.82 Å². The van der Waals surface area contributed by atoms with Crippen LogP contribution in [-0.2, 0) is 0 Å². The summed E-state index contributed by atoms with van der Waals surface area (Å²) in [6.07, 6.45) is 6.58. The number of amidine groups is 1. The Bertz CT molecular complexity index is 447. The number of nitrogen functional groups attached to an aromatic ring is 1. The van der Waals surface area contributed by atoms with E-state index in [4.69, 9.17) is 11.1 Å². The second-order valence-electron chi connectivity index (χ2n) is 2.62. The van der Waals surface area contributed by atoms with Gasteiger partial charge in [-0.1, -0.05) is 0 Å². The molecule has 0 bridgehead atoms. The Morgan fingerprint density at radius 1 is 1.43 bits per heavy atom. The van der Waals surface area contributed by atoms with Gasteiger partial charge in [0, 0.05) is 18.6 Å². The zero-order valence-corrected chi connectivity index (χ0v) is 7.25. The molecule has 2 aromatic heterocycles. The molecule has 0 spiro atoms. The Morgan fingerprint density at radius 3 is 2.93 bits per heavy atom. The first-order valence-corrected chi connectivity index (χ1v) is 3.93. The van der Waals surface area contributed by atoms with Crippen molar-refractivity contribution in [3.05, 3.63) is 36.8 Å². The molecule has 0 saturated heterocycles.